The number of fused-ring (bicyclic) bond motifs is 1. The normalized spacial score (nSPS) is 20.2. The van der Waals surface area contributed by atoms with Gasteiger partial charge in [0.15, 0.2) is 5.82 Å². The minimum absolute atomic E-state index is 0.143. The molecule has 0 unspecified atom stereocenters. The standard InChI is InChI=1S/C40H47N4O2SSi/c1-26-27(2)39(43-42-37(26)35-17-18-36-34(38(35)45)19-21-47-36)41-30-10-9-20-44(25-30)24-28-22-31(23-28)46-48(32-11-7-6-8-12-32)33-15-13-29(14-16-33)40(3,4)5/h6-8,11-19,21,28,30-31,45H,9-10,20,22-25H2,1-5H3,(H,41,43)/t28?,30-,31?/m1/s1. The van der Waals surface area contributed by atoms with Gasteiger partial charge in [-0.3, -0.25) is 0 Å². The maximum atomic E-state index is 11.0. The van der Waals surface area contributed by atoms with Gasteiger partial charge in [-0.1, -0.05) is 75.4 Å². The lowest BCUT2D eigenvalue weighted by atomic mass is 9.82. The van der Waals surface area contributed by atoms with E-state index in [4.69, 9.17) is 4.43 Å². The molecule has 2 fully saturated rings. The fraction of sp³-hybridized carbons (Fsp3) is 0.400. The highest BCUT2D eigenvalue weighted by atomic mass is 32.1. The van der Waals surface area contributed by atoms with Crippen LogP contribution in [0.1, 0.15) is 63.1 Å². The van der Waals surface area contributed by atoms with Crippen LogP contribution in [0.15, 0.2) is 78.2 Å². The summed E-state index contributed by atoms with van der Waals surface area (Å²) in [6.45, 7) is 14.3. The van der Waals surface area contributed by atoms with Gasteiger partial charge >= 0.3 is 0 Å². The second-order valence-corrected chi connectivity index (χ2v) is 17.8. The lowest BCUT2D eigenvalue weighted by Gasteiger charge is -2.42. The predicted octanol–water partition coefficient (Wildman–Crippen LogP) is 7.46. The Kier molecular flexibility index (Phi) is 9.44. The first-order valence-corrected chi connectivity index (χ1v) is 19.6. The van der Waals surface area contributed by atoms with Gasteiger partial charge in [0.2, 0.25) is 0 Å². The van der Waals surface area contributed by atoms with Gasteiger partial charge in [-0.25, -0.2) is 0 Å². The molecule has 249 valence electrons. The van der Waals surface area contributed by atoms with Crippen molar-refractivity contribution in [3.05, 3.63) is 94.9 Å². The number of phenols is 1. The fourth-order valence-corrected chi connectivity index (χ4v) is 10.1. The summed E-state index contributed by atoms with van der Waals surface area (Å²) in [5, 5.41) is 29.5. The molecular formula is C40H47N4O2SSi. The van der Waals surface area contributed by atoms with Crippen LogP contribution in [0.2, 0.25) is 0 Å². The Morgan fingerprint density at radius 2 is 1.69 bits per heavy atom. The van der Waals surface area contributed by atoms with Gasteiger partial charge in [-0.15, -0.1) is 21.5 Å². The average molecular weight is 676 g/mol. The highest BCUT2D eigenvalue weighted by Crippen LogP contribution is 2.39. The van der Waals surface area contributed by atoms with Crippen molar-refractivity contribution in [2.75, 3.05) is 25.0 Å². The zero-order valence-corrected chi connectivity index (χ0v) is 30.6. The first-order chi connectivity index (χ1) is 23.1. The molecule has 3 aromatic carbocycles. The number of hydrogen-bond donors (Lipinski definition) is 2. The van der Waals surface area contributed by atoms with E-state index in [0.717, 1.165) is 77.2 Å². The number of nitrogens with one attached hydrogen (secondary N) is 1. The van der Waals surface area contributed by atoms with Crippen LogP contribution in [0, 0.1) is 19.8 Å². The molecule has 7 rings (SSSR count). The molecule has 1 radical (unpaired) electrons. The first-order valence-electron chi connectivity index (χ1n) is 17.4. The molecule has 1 saturated carbocycles. The highest BCUT2D eigenvalue weighted by Gasteiger charge is 2.36. The number of piperidine rings is 1. The van der Waals surface area contributed by atoms with E-state index in [0.29, 0.717) is 18.1 Å². The molecule has 0 bridgehead atoms. The van der Waals surface area contributed by atoms with E-state index in [1.807, 2.05) is 17.5 Å². The molecule has 8 heteroatoms. The van der Waals surface area contributed by atoms with Crippen molar-refractivity contribution in [3.8, 4) is 17.0 Å². The van der Waals surface area contributed by atoms with Gasteiger partial charge in [0, 0.05) is 40.9 Å². The summed E-state index contributed by atoms with van der Waals surface area (Å²) in [5.41, 5.74) is 5.12. The lowest BCUT2D eigenvalue weighted by molar-refractivity contribution is 0.0393. The monoisotopic (exact) mass is 675 g/mol. The molecule has 6 nitrogen and oxygen atoms in total. The number of likely N-dealkylation sites (tertiary alicyclic amines) is 1. The number of phenolic OH excluding ortho intramolecular Hbond substituents is 1. The largest absolute Gasteiger partial charge is 0.507 e. The zero-order valence-electron chi connectivity index (χ0n) is 28.8. The Bertz CT molecular complexity index is 1860. The van der Waals surface area contributed by atoms with Crippen molar-refractivity contribution in [1.29, 1.82) is 0 Å². The molecule has 48 heavy (non-hydrogen) atoms. The SMILES string of the molecule is Cc1c(N[C@@H]2CCCN(CC3CC(O[Si](c4ccccc4)c4ccc(C(C)(C)C)cc4)C3)C2)nnc(-c2ccc3sccc3c2O)c1C. The molecule has 1 aliphatic heterocycles. The van der Waals surface area contributed by atoms with Crippen LogP contribution in [0.3, 0.4) is 0 Å². The van der Waals surface area contributed by atoms with Gasteiger partial charge in [-0.2, -0.15) is 0 Å². The van der Waals surface area contributed by atoms with Crippen LogP contribution in [0.4, 0.5) is 5.82 Å². The van der Waals surface area contributed by atoms with Crippen molar-refractivity contribution < 1.29 is 9.53 Å². The quantitative estimate of drug-likeness (QED) is 0.158. The Hall–Kier alpha value is -3.56. The number of aromatic nitrogens is 2. The minimum Gasteiger partial charge on any atom is -0.507 e. The Morgan fingerprint density at radius 1 is 0.938 bits per heavy atom. The Labute approximate surface area is 290 Å². The van der Waals surface area contributed by atoms with Crippen molar-refractivity contribution in [3.63, 3.8) is 0 Å². The summed E-state index contributed by atoms with van der Waals surface area (Å²) in [5.74, 6) is 1.81. The number of rotatable bonds is 9. The van der Waals surface area contributed by atoms with Crippen molar-refractivity contribution >= 4 is 46.7 Å². The molecule has 1 aliphatic carbocycles. The smallest absolute Gasteiger partial charge is 0.283 e. The van der Waals surface area contributed by atoms with Gasteiger partial charge in [0.05, 0.1) is 5.69 Å². The lowest BCUT2D eigenvalue weighted by Crippen LogP contribution is -2.52. The maximum Gasteiger partial charge on any atom is 0.283 e. The predicted molar refractivity (Wildman–Crippen MR) is 201 cm³/mol. The molecule has 0 spiro atoms. The van der Waals surface area contributed by atoms with Gasteiger partial charge in [-0.05, 0) is 108 Å². The topological polar surface area (TPSA) is 70.5 Å². The third kappa shape index (κ3) is 6.94. The summed E-state index contributed by atoms with van der Waals surface area (Å²) in [7, 11) is -1.31. The van der Waals surface area contributed by atoms with Crippen LogP contribution in [-0.2, 0) is 9.84 Å². The van der Waals surface area contributed by atoms with Gasteiger partial charge in [0.1, 0.15) is 5.75 Å². The zero-order chi connectivity index (χ0) is 33.4. The summed E-state index contributed by atoms with van der Waals surface area (Å²) in [6, 6.07) is 26.3. The van der Waals surface area contributed by atoms with Crippen LogP contribution in [0.25, 0.3) is 21.3 Å². The van der Waals surface area contributed by atoms with Crippen LogP contribution < -0.4 is 15.7 Å². The number of nitrogens with zero attached hydrogens (tertiary/aromatic N) is 3. The molecule has 2 aliphatic rings. The number of anilines is 1. The molecule has 1 atom stereocenters. The molecule has 1 saturated heterocycles. The van der Waals surface area contributed by atoms with E-state index in [1.54, 1.807) is 11.3 Å². The van der Waals surface area contributed by atoms with E-state index < -0.39 is 9.04 Å². The van der Waals surface area contributed by atoms with Gasteiger partial charge < -0.3 is 19.7 Å². The average Bonchev–Trinajstić information content (AvgIpc) is 3.55. The maximum absolute atomic E-state index is 11.0. The molecular weight excluding hydrogens is 629 g/mol. The van der Waals surface area contributed by atoms with Crippen LogP contribution in [-0.4, -0.2) is 61.0 Å². The second-order valence-electron chi connectivity index (χ2n) is 14.8. The van der Waals surface area contributed by atoms with Crippen LogP contribution >= 0.6 is 11.3 Å². The van der Waals surface area contributed by atoms with E-state index in [9.17, 15) is 5.11 Å². The molecule has 3 heterocycles. The van der Waals surface area contributed by atoms with E-state index in [2.05, 4.69) is 116 Å². The fourth-order valence-electron chi connectivity index (χ4n) is 7.22. The number of thiophene rings is 1. The molecule has 5 aromatic rings. The van der Waals surface area contributed by atoms with Gasteiger partial charge in [0.25, 0.3) is 9.04 Å². The highest BCUT2D eigenvalue weighted by molar-refractivity contribution is 7.17. The van der Waals surface area contributed by atoms with Crippen molar-refractivity contribution in [2.24, 2.45) is 5.92 Å². The Morgan fingerprint density at radius 3 is 2.44 bits per heavy atom. The summed E-state index contributed by atoms with van der Waals surface area (Å²) >= 11 is 1.63. The Balaban J connectivity index is 0.954. The molecule has 0 amide bonds. The van der Waals surface area contributed by atoms with Crippen LogP contribution in [0.5, 0.6) is 5.75 Å². The van der Waals surface area contributed by atoms with Crippen molar-refractivity contribution in [2.45, 2.75) is 77.9 Å². The second kappa shape index (κ2) is 13.7. The van der Waals surface area contributed by atoms with E-state index in [-0.39, 0.29) is 11.2 Å². The summed E-state index contributed by atoms with van der Waals surface area (Å²) in [4.78, 5) is 2.63. The number of benzene rings is 3. The van der Waals surface area contributed by atoms with E-state index in [1.165, 1.54) is 22.4 Å². The third-order valence-corrected chi connectivity index (χ3v) is 13.4. The summed E-state index contributed by atoms with van der Waals surface area (Å²) in [6.07, 6.45) is 4.88. The minimum atomic E-state index is -1.31. The summed E-state index contributed by atoms with van der Waals surface area (Å²) < 4.78 is 8.01. The molecule has 2 aromatic heterocycles. The number of hydrogen-bond acceptors (Lipinski definition) is 7. The number of aromatic hydroxyl groups is 1. The third-order valence-electron chi connectivity index (χ3n) is 10.3. The first kappa shape index (κ1) is 33.0. The van der Waals surface area contributed by atoms with Crippen molar-refractivity contribution in [1.82, 2.24) is 15.1 Å². The van der Waals surface area contributed by atoms with E-state index >= 15 is 0 Å². The molecule has 2 N–H and O–H groups in total.